The third-order valence-electron chi connectivity index (χ3n) is 4.80. The minimum Gasteiger partial charge on any atom is -0.497 e. The molecule has 7 heteroatoms. The number of nitrogens with one attached hydrogen (secondary N) is 1. The molecule has 1 saturated heterocycles. The first-order valence-corrected chi connectivity index (χ1v) is 10.4. The van der Waals surface area contributed by atoms with Gasteiger partial charge in [0.15, 0.2) is 0 Å². The van der Waals surface area contributed by atoms with Gasteiger partial charge in [-0.3, -0.25) is 4.79 Å². The first kappa shape index (κ1) is 19.4. The predicted octanol–water partition coefficient (Wildman–Crippen LogP) is 2.59. The van der Waals surface area contributed by atoms with Crippen LogP contribution in [0.4, 0.5) is 0 Å². The van der Waals surface area contributed by atoms with E-state index in [1.165, 1.54) is 4.31 Å². The number of ether oxygens (including phenoxy) is 1. The number of benzene rings is 2. The second-order valence-electron chi connectivity index (χ2n) is 6.66. The lowest BCUT2D eigenvalue weighted by Gasteiger charge is -2.24. The monoisotopic (exact) mass is 388 g/mol. The van der Waals surface area contributed by atoms with Gasteiger partial charge >= 0.3 is 0 Å². The van der Waals surface area contributed by atoms with Gasteiger partial charge in [-0.2, -0.15) is 4.31 Å². The number of carbonyl (C=O) groups excluding carboxylic acids is 1. The van der Waals surface area contributed by atoms with Crippen molar-refractivity contribution in [1.82, 2.24) is 9.62 Å². The van der Waals surface area contributed by atoms with E-state index in [2.05, 4.69) is 5.32 Å². The largest absolute Gasteiger partial charge is 0.497 e. The molecular formula is C20H24N2O4S. The standard InChI is InChI=1S/C20H24N2O4S/c1-15-5-11-19(12-6-15)27(24,25)22-13-3-4-17(22)14-21-20(23)16-7-9-18(26-2)10-8-16/h5-12,17H,3-4,13-14H2,1-2H3,(H,21,23)/t17-/m1/s1. The van der Waals surface area contributed by atoms with Crippen molar-refractivity contribution < 1.29 is 17.9 Å². The molecule has 0 aromatic heterocycles. The lowest BCUT2D eigenvalue weighted by atomic mass is 10.2. The van der Waals surface area contributed by atoms with Crippen LogP contribution in [0.2, 0.25) is 0 Å². The van der Waals surface area contributed by atoms with E-state index in [4.69, 9.17) is 4.74 Å². The van der Waals surface area contributed by atoms with E-state index in [0.29, 0.717) is 22.8 Å². The molecule has 1 heterocycles. The van der Waals surface area contributed by atoms with E-state index in [-0.39, 0.29) is 18.5 Å². The van der Waals surface area contributed by atoms with Crippen molar-refractivity contribution in [1.29, 1.82) is 0 Å². The van der Waals surface area contributed by atoms with Crippen molar-refractivity contribution >= 4 is 15.9 Å². The fourth-order valence-corrected chi connectivity index (χ4v) is 4.92. The van der Waals surface area contributed by atoms with Gasteiger partial charge in [-0.1, -0.05) is 17.7 Å². The van der Waals surface area contributed by atoms with Crippen molar-refractivity contribution in [2.45, 2.75) is 30.7 Å². The first-order chi connectivity index (χ1) is 12.9. The van der Waals surface area contributed by atoms with Crippen LogP contribution in [0.1, 0.15) is 28.8 Å². The van der Waals surface area contributed by atoms with E-state index in [0.717, 1.165) is 18.4 Å². The first-order valence-electron chi connectivity index (χ1n) is 8.92. The number of aryl methyl sites for hydroxylation is 1. The maximum Gasteiger partial charge on any atom is 0.251 e. The molecule has 1 amide bonds. The number of methoxy groups -OCH3 is 1. The zero-order valence-electron chi connectivity index (χ0n) is 15.5. The molecule has 0 saturated carbocycles. The van der Waals surface area contributed by atoms with Gasteiger partial charge in [0.05, 0.1) is 12.0 Å². The number of amides is 1. The molecule has 3 rings (SSSR count). The van der Waals surface area contributed by atoms with Gasteiger partial charge in [-0.25, -0.2) is 8.42 Å². The fourth-order valence-electron chi connectivity index (χ4n) is 3.23. The molecule has 0 spiro atoms. The molecule has 2 aromatic carbocycles. The van der Waals surface area contributed by atoms with Gasteiger partial charge in [-0.15, -0.1) is 0 Å². The summed E-state index contributed by atoms with van der Waals surface area (Å²) in [6.07, 6.45) is 1.52. The molecule has 27 heavy (non-hydrogen) atoms. The highest BCUT2D eigenvalue weighted by Crippen LogP contribution is 2.26. The van der Waals surface area contributed by atoms with Gasteiger partial charge in [0.1, 0.15) is 5.75 Å². The smallest absolute Gasteiger partial charge is 0.251 e. The van der Waals surface area contributed by atoms with Crippen LogP contribution in [0.5, 0.6) is 5.75 Å². The third kappa shape index (κ3) is 4.31. The molecule has 0 unspecified atom stereocenters. The molecule has 0 aliphatic carbocycles. The van der Waals surface area contributed by atoms with Crippen LogP contribution in [0.3, 0.4) is 0 Å². The van der Waals surface area contributed by atoms with E-state index in [1.54, 1.807) is 55.6 Å². The average molecular weight is 388 g/mol. The molecule has 0 radical (unpaired) electrons. The Kier molecular flexibility index (Phi) is 5.82. The van der Waals surface area contributed by atoms with Crippen molar-refractivity contribution in [2.75, 3.05) is 20.2 Å². The van der Waals surface area contributed by atoms with Crippen LogP contribution in [-0.2, 0) is 10.0 Å². The normalized spacial score (nSPS) is 17.6. The molecule has 144 valence electrons. The molecule has 1 aliphatic heterocycles. The Hall–Kier alpha value is -2.38. The van der Waals surface area contributed by atoms with Crippen LogP contribution >= 0.6 is 0 Å². The van der Waals surface area contributed by atoms with Crippen LogP contribution < -0.4 is 10.1 Å². The fraction of sp³-hybridized carbons (Fsp3) is 0.350. The van der Waals surface area contributed by atoms with Crippen molar-refractivity contribution in [3.8, 4) is 5.75 Å². The molecule has 2 aromatic rings. The summed E-state index contributed by atoms with van der Waals surface area (Å²) < 4.78 is 32.5. The highest BCUT2D eigenvalue weighted by molar-refractivity contribution is 7.89. The van der Waals surface area contributed by atoms with Gasteiger partial charge in [0.25, 0.3) is 5.91 Å². The van der Waals surface area contributed by atoms with Crippen molar-refractivity contribution in [3.05, 3.63) is 59.7 Å². The topological polar surface area (TPSA) is 75.7 Å². The van der Waals surface area contributed by atoms with Crippen LogP contribution in [0.15, 0.2) is 53.4 Å². The Balaban J connectivity index is 1.67. The Morgan fingerprint density at radius 2 is 1.81 bits per heavy atom. The maximum atomic E-state index is 12.9. The van der Waals surface area contributed by atoms with E-state index in [9.17, 15) is 13.2 Å². The highest BCUT2D eigenvalue weighted by atomic mass is 32.2. The average Bonchev–Trinajstić information content (AvgIpc) is 3.16. The summed E-state index contributed by atoms with van der Waals surface area (Å²) in [6, 6.07) is 13.4. The Bertz CT molecular complexity index is 893. The summed E-state index contributed by atoms with van der Waals surface area (Å²) >= 11 is 0. The SMILES string of the molecule is COc1ccc(C(=O)NC[C@H]2CCCN2S(=O)(=O)c2ccc(C)cc2)cc1. The Morgan fingerprint density at radius 1 is 1.15 bits per heavy atom. The summed E-state index contributed by atoms with van der Waals surface area (Å²) in [6.45, 7) is 2.68. The molecule has 1 N–H and O–H groups in total. The molecule has 6 nitrogen and oxygen atoms in total. The van der Waals surface area contributed by atoms with E-state index >= 15 is 0 Å². The van der Waals surface area contributed by atoms with Crippen molar-refractivity contribution in [2.24, 2.45) is 0 Å². The lowest BCUT2D eigenvalue weighted by Crippen LogP contribution is -2.43. The van der Waals surface area contributed by atoms with E-state index in [1.807, 2.05) is 6.92 Å². The van der Waals surface area contributed by atoms with Gasteiger partial charge < -0.3 is 10.1 Å². The van der Waals surface area contributed by atoms with Crippen LogP contribution in [-0.4, -0.2) is 44.9 Å². The van der Waals surface area contributed by atoms with Crippen LogP contribution in [0.25, 0.3) is 0 Å². The molecule has 1 aliphatic rings. The maximum absolute atomic E-state index is 12.9. The second kappa shape index (κ2) is 8.10. The summed E-state index contributed by atoms with van der Waals surface area (Å²) in [5.41, 5.74) is 1.53. The quantitative estimate of drug-likeness (QED) is 0.825. The minimum absolute atomic E-state index is 0.225. The third-order valence-corrected chi connectivity index (χ3v) is 6.77. The number of hydrogen-bond acceptors (Lipinski definition) is 4. The molecule has 1 atom stereocenters. The summed E-state index contributed by atoms with van der Waals surface area (Å²) in [7, 11) is -1.99. The predicted molar refractivity (Wildman–Crippen MR) is 103 cm³/mol. The van der Waals surface area contributed by atoms with Gasteiger partial charge in [-0.05, 0) is 56.2 Å². The lowest BCUT2D eigenvalue weighted by molar-refractivity contribution is 0.0946. The number of nitrogens with zero attached hydrogens (tertiary/aromatic N) is 1. The zero-order valence-corrected chi connectivity index (χ0v) is 16.3. The van der Waals surface area contributed by atoms with Gasteiger partial charge in [0.2, 0.25) is 10.0 Å². The van der Waals surface area contributed by atoms with Crippen molar-refractivity contribution in [3.63, 3.8) is 0 Å². The summed E-state index contributed by atoms with van der Waals surface area (Å²) in [5, 5.41) is 2.86. The van der Waals surface area contributed by atoms with Gasteiger partial charge in [0, 0.05) is 24.7 Å². The number of sulfonamides is 1. The highest BCUT2D eigenvalue weighted by Gasteiger charge is 2.35. The second-order valence-corrected chi connectivity index (χ2v) is 8.55. The number of carbonyl (C=O) groups is 1. The minimum atomic E-state index is -3.56. The Morgan fingerprint density at radius 3 is 2.44 bits per heavy atom. The molecule has 1 fully saturated rings. The Labute approximate surface area is 160 Å². The number of rotatable bonds is 6. The number of hydrogen-bond donors (Lipinski definition) is 1. The zero-order chi connectivity index (χ0) is 19.4. The summed E-state index contributed by atoms with van der Waals surface area (Å²) in [4.78, 5) is 12.6. The van der Waals surface area contributed by atoms with E-state index < -0.39 is 10.0 Å². The van der Waals surface area contributed by atoms with Crippen LogP contribution in [0, 0.1) is 6.92 Å². The summed E-state index contributed by atoms with van der Waals surface area (Å²) in [5.74, 6) is 0.454. The molecule has 0 bridgehead atoms. The molecular weight excluding hydrogens is 364 g/mol.